The van der Waals surface area contributed by atoms with Gasteiger partial charge in [0.25, 0.3) is 0 Å². The standard InChI is InChI=1S/C11H18O3/c1-4-7-8-9-10(5-2)14-11(12)13-6-3/h5,9H,2,4,6-8H2,1,3H3/b10-9+. The minimum Gasteiger partial charge on any atom is -0.434 e. The van der Waals surface area contributed by atoms with Crippen molar-refractivity contribution in [3.63, 3.8) is 0 Å². The highest BCUT2D eigenvalue weighted by Gasteiger charge is 2.03. The zero-order chi connectivity index (χ0) is 10.8. The maximum absolute atomic E-state index is 10.9. The van der Waals surface area contributed by atoms with E-state index in [1.807, 2.05) is 6.08 Å². The molecule has 0 aromatic heterocycles. The van der Waals surface area contributed by atoms with E-state index < -0.39 is 6.16 Å². The first-order valence-electron chi connectivity index (χ1n) is 4.91. The van der Waals surface area contributed by atoms with Crippen LogP contribution in [-0.2, 0) is 9.47 Å². The van der Waals surface area contributed by atoms with Crippen LogP contribution in [0.4, 0.5) is 4.79 Å². The lowest BCUT2D eigenvalue weighted by atomic mass is 10.2. The van der Waals surface area contributed by atoms with Crippen LogP contribution in [0, 0.1) is 0 Å². The summed E-state index contributed by atoms with van der Waals surface area (Å²) in [5.74, 6) is 0.469. The van der Waals surface area contributed by atoms with E-state index in [1.54, 1.807) is 6.92 Å². The second-order valence-corrected chi connectivity index (χ2v) is 2.74. The Labute approximate surface area is 85.4 Å². The molecule has 0 atom stereocenters. The molecule has 0 amide bonds. The summed E-state index contributed by atoms with van der Waals surface area (Å²) in [5.41, 5.74) is 0. The molecule has 80 valence electrons. The van der Waals surface area contributed by atoms with E-state index >= 15 is 0 Å². The lowest BCUT2D eigenvalue weighted by Crippen LogP contribution is -2.05. The Morgan fingerprint density at radius 1 is 1.43 bits per heavy atom. The summed E-state index contributed by atoms with van der Waals surface area (Å²) in [5, 5.41) is 0. The Bertz CT molecular complexity index is 207. The summed E-state index contributed by atoms with van der Waals surface area (Å²) in [7, 11) is 0. The van der Waals surface area contributed by atoms with Crippen LogP contribution in [0.15, 0.2) is 24.5 Å². The highest BCUT2D eigenvalue weighted by atomic mass is 16.7. The monoisotopic (exact) mass is 198 g/mol. The first-order chi connectivity index (χ1) is 6.74. The molecule has 0 saturated carbocycles. The third-order valence-electron chi connectivity index (χ3n) is 1.57. The summed E-state index contributed by atoms with van der Waals surface area (Å²) < 4.78 is 9.50. The fourth-order valence-corrected chi connectivity index (χ4v) is 0.859. The van der Waals surface area contributed by atoms with Gasteiger partial charge in [-0.15, -0.1) is 0 Å². The van der Waals surface area contributed by atoms with Gasteiger partial charge in [-0.3, -0.25) is 0 Å². The second-order valence-electron chi connectivity index (χ2n) is 2.74. The number of ether oxygens (including phenoxy) is 2. The minimum atomic E-state index is -0.671. The van der Waals surface area contributed by atoms with Gasteiger partial charge in [-0.2, -0.15) is 0 Å². The van der Waals surface area contributed by atoms with Crippen LogP contribution in [0.25, 0.3) is 0 Å². The highest BCUT2D eigenvalue weighted by Crippen LogP contribution is 2.05. The first kappa shape index (κ1) is 12.8. The summed E-state index contributed by atoms with van der Waals surface area (Å²) in [6.45, 7) is 7.71. The lowest BCUT2D eigenvalue weighted by Gasteiger charge is -2.04. The van der Waals surface area contributed by atoms with Crippen molar-refractivity contribution in [1.82, 2.24) is 0 Å². The fourth-order valence-electron chi connectivity index (χ4n) is 0.859. The molecule has 0 aliphatic carbocycles. The van der Waals surface area contributed by atoms with Crippen molar-refractivity contribution in [3.8, 4) is 0 Å². The molecule has 0 spiro atoms. The number of hydrogen-bond donors (Lipinski definition) is 0. The molecule has 0 aliphatic rings. The van der Waals surface area contributed by atoms with Gasteiger partial charge in [0, 0.05) is 0 Å². The number of unbranched alkanes of at least 4 members (excludes halogenated alkanes) is 2. The lowest BCUT2D eigenvalue weighted by molar-refractivity contribution is 0.0839. The Morgan fingerprint density at radius 2 is 2.14 bits per heavy atom. The molecular weight excluding hydrogens is 180 g/mol. The quantitative estimate of drug-likeness (QED) is 0.284. The Balaban J connectivity index is 3.94. The SMILES string of the molecule is C=C/C(=C\CCCC)OC(=O)OCC. The number of hydrogen-bond acceptors (Lipinski definition) is 3. The van der Waals surface area contributed by atoms with E-state index in [2.05, 4.69) is 18.2 Å². The average molecular weight is 198 g/mol. The Hall–Kier alpha value is -1.25. The number of allylic oxidation sites excluding steroid dienone is 2. The molecule has 0 rings (SSSR count). The van der Waals surface area contributed by atoms with Crippen LogP contribution in [-0.4, -0.2) is 12.8 Å². The van der Waals surface area contributed by atoms with Crippen molar-refractivity contribution < 1.29 is 14.3 Å². The normalized spacial score (nSPS) is 10.9. The van der Waals surface area contributed by atoms with Crippen LogP contribution in [0.3, 0.4) is 0 Å². The third kappa shape index (κ3) is 6.29. The van der Waals surface area contributed by atoms with Crippen molar-refractivity contribution in [3.05, 3.63) is 24.5 Å². The van der Waals surface area contributed by atoms with Crippen molar-refractivity contribution >= 4 is 6.16 Å². The smallest absolute Gasteiger partial charge is 0.434 e. The Kier molecular flexibility index (Phi) is 7.61. The van der Waals surface area contributed by atoms with Gasteiger partial charge in [0.2, 0.25) is 0 Å². The zero-order valence-electron chi connectivity index (χ0n) is 8.91. The molecule has 0 heterocycles. The maximum Gasteiger partial charge on any atom is 0.513 e. The summed E-state index contributed by atoms with van der Waals surface area (Å²) in [6.07, 6.45) is 5.75. The van der Waals surface area contributed by atoms with Gasteiger partial charge >= 0.3 is 6.16 Å². The molecule has 0 bridgehead atoms. The predicted octanol–water partition coefficient (Wildman–Crippen LogP) is 3.42. The summed E-state index contributed by atoms with van der Waals surface area (Å²) in [4.78, 5) is 10.9. The molecule has 0 radical (unpaired) electrons. The van der Waals surface area contributed by atoms with Crippen LogP contribution < -0.4 is 0 Å². The minimum absolute atomic E-state index is 0.318. The first-order valence-corrected chi connectivity index (χ1v) is 4.91. The molecule has 0 aromatic carbocycles. The van der Waals surface area contributed by atoms with Crippen LogP contribution in [0.2, 0.25) is 0 Å². The molecule has 3 heteroatoms. The average Bonchev–Trinajstić information content (AvgIpc) is 2.17. The van der Waals surface area contributed by atoms with E-state index in [0.717, 1.165) is 19.3 Å². The molecule has 0 aliphatic heterocycles. The van der Waals surface area contributed by atoms with Gasteiger partial charge in [-0.25, -0.2) is 4.79 Å². The Morgan fingerprint density at radius 3 is 2.64 bits per heavy atom. The predicted molar refractivity (Wildman–Crippen MR) is 55.9 cm³/mol. The van der Waals surface area contributed by atoms with Gasteiger partial charge in [-0.1, -0.05) is 19.9 Å². The third-order valence-corrected chi connectivity index (χ3v) is 1.57. The van der Waals surface area contributed by atoms with Gasteiger partial charge in [0.1, 0.15) is 5.76 Å². The molecule has 0 unspecified atom stereocenters. The molecule has 3 nitrogen and oxygen atoms in total. The van der Waals surface area contributed by atoms with Crippen molar-refractivity contribution in [2.75, 3.05) is 6.61 Å². The van der Waals surface area contributed by atoms with E-state index in [4.69, 9.17) is 4.74 Å². The largest absolute Gasteiger partial charge is 0.513 e. The molecule has 0 aromatic rings. The van der Waals surface area contributed by atoms with Gasteiger partial charge in [0.05, 0.1) is 6.61 Å². The highest BCUT2D eigenvalue weighted by molar-refractivity contribution is 5.61. The topological polar surface area (TPSA) is 35.5 Å². The van der Waals surface area contributed by atoms with E-state index in [0.29, 0.717) is 12.4 Å². The zero-order valence-corrected chi connectivity index (χ0v) is 8.91. The molecular formula is C11H18O3. The van der Waals surface area contributed by atoms with Gasteiger partial charge in [-0.05, 0) is 31.9 Å². The van der Waals surface area contributed by atoms with Crippen molar-refractivity contribution in [2.24, 2.45) is 0 Å². The second kappa shape index (κ2) is 8.35. The van der Waals surface area contributed by atoms with E-state index in [-0.39, 0.29) is 0 Å². The molecule has 0 fully saturated rings. The van der Waals surface area contributed by atoms with E-state index in [9.17, 15) is 4.79 Å². The van der Waals surface area contributed by atoms with Crippen molar-refractivity contribution in [2.45, 2.75) is 33.1 Å². The fraction of sp³-hybridized carbons (Fsp3) is 0.545. The van der Waals surface area contributed by atoms with Crippen LogP contribution in [0.5, 0.6) is 0 Å². The summed E-state index contributed by atoms with van der Waals surface area (Å²) in [6, 6.07) is 0. The number of rotatable bonds is 6. The number of carbonyl (C=O) groups is 1. The van der Waals surface area contributed by atoms with Crippen LogP contribution >= 0.6 is 0 Å². The maximum atomic E-state index is 10.9. The molecule has 14 heavy (non-hydrogen) atoms. The van der Waals surface area contributed by atoms with E-state index in [1.165, 1.54) is 6.08 Å². The van der Waals surface area contributed by atoms with Crippen molar-refractivity contribution in [1.29, 1.82) is 0 Å². The molecule has 0 saturated heterocycles. The van der Waals surface area contributed by atoms with Crippen LogP contribution in [0.1, 0.15) is 33.1 Å². The van der Waals surface area contributed by atoms with Gasteiger partial charge in [0.15, 0.2) is 0 Å². The van der Waals surface area contributed by atoms with Gasteiger partial charge < -0.3 is 9.47 Å². The molecule has 0 N–H and O–H groups in total. The summed E-state index contributed by atoms with van der Waals surface area (Å²) >= 11 is 0. The number of carbonyl (C=O) groups excluding carboxylic acids is 1.